The van der Waals surface area contributed by atoms with E-state index in [1.807, 2.05) is 0 Å². The largest absolute Gasteiger partial charge is 0.469 e. The van der Waals surface area contributed by atoms with Gasteiger partial charge in [0.2, 0.25) is 5.52 Å². The number of nitrogens with one attached hydrogen (secondary N) is 1. The number of aliphatic hydroxyl groups is 1. The summed E-state index contributed by atoms with van der Waals surface area (Å²) in [5.74, 6) is 0.286. The Morgan fingerprint density at radius 2 is 2.30 bits per heavy atom. The first-order valence-electron chi connectivity index (χ1n) is 6.59. The van der Waals surface area contributed by atoms with E-state index in [1.54, 1.807) is 4.57 Å². The van der Waals surface area contributed by atoms with E-state index in [4.69, 9.17) is 24.8 Å². The van der Waals surface area contributed by atoms with Crippen LogP contribution in [0, 0.1) is 0 Å². The summed E-state index contributed by atoms with van der Waals surface area (Å²) in [6.07, 6.45) is -1.08. The van der Waals surface area contributed by atoms with Crippen LogP contribution >= 0.6 is 19.6 Å². The first-order chi connectivity index (χ1) is 10.9. The van der Waals surface area contributed by atoms with Crippen LogP contribution in [0.4, 0.5) is 5.82 Å². The number of H-pyrrole nitrogens is 1. The van der Waals surface area contributed by atoms with Crippen LogP contribution in [0.2, 0.25) is 0 Å². The molecular formula is C10H13N5O6PS+. The number of phosphoric acid groups is 1. The SMILES string of the molecule is Nc1ncnc2c1[nH]c1[n+]2C2OC(CO)C(OP(=O)(O)O)C2S1. The monoisotopic (exact) mass is 362 g/mol. The zero-order chi connectivity index (χ0) is 16.4. The van der Waals surface area contributed by atoms with Crippen molar-refractivity contribution < 1.29 is 33.3 Å². The molecule has 2 aromatic rings. The summed E-state index contributed by atoms with van der Waals surface area (Å²) in [7, 11) is -4.72. The first-order valence-corrected chi connectivity index (χ1v) is 9.00. The third kappa shape index (κ3) is 2.34. The molecule has 13 heteroatoms. The Morgan fingerprint density at radius 1 is 1.52 bits per heavy atom. The molecule has 0 spiro atoms. The third-order valence-corrected chi connectivity index (χ3v) is 5.58. The molecule has 2 aliphatic heterocycles. The Morgan fingerprint density at radius 3 is 3.00 bits per heavy atom. The molecule has 2 aliphatic rings. The normalized spacial score (nSPS) is 29.9. The number of aromatic amines is 1. The second-order valence-electron chi connectivity index (χ2n) is 5.15. The maximum atomic E-state index is 11.2. The summed E-state index contributed by atoms with van der Waals surface area (Å²) in [4.78, 5) is 29.3. The van der Waals surface area contributed by atoms with Gasteiger partial charge in [-0.3, -0.25) is 9.51 Å². The summed E-state index contributed by atoms with van der Waals surface area (Å²) in [6.45, 7) is -0.423. The van der Waals surface area contributed by atoms with E-state index in [2.05, 4.69) is 15.0 Å². The van der Waals surface area contributed by atoms with Gasteiger partial charge in [-0.2, -0.15) is 9.55 Å². The van der Waals surface area contributed by atoms with Crippen LogP contribution in [0.1, 0.15) is 6.23 Å². The molecule has 2 aromatic heterocycles. The van der Waals surface area contributed by atoms with Crippen LogP contribution in [-0.2, 0) is 13.8 Å². The number of hydrogen-bond acceptors (Lipinski definition) is 8. The number of phosphoric ester groups is 1. The lowest BCUT2D eigenvalue weighted by Crippen LogP contribution is -2.40. The van der Waals surface area contributed by atoms with Crippen LogP contribution in [0.5, 0.6) is 0 Å². The molecule has 4 rings (SSSR count). The van der Waals surface area contributed by atoms with Crippen molar-refractivity contribution >= 4 is 36.6 Å². The van der Waals surface area contributed by atoms with Crippen molar-refractivity contribution in [1.82, 2.24) is 15.0 Å². The Kier molecular flexibility index (Phi) is 3.39. The number of ether oxygens (including phenoxy) is 1. The molecule has 0 saturated carbocycles. The van der Waals surface area contributed by atoms with E-state index in [-0.39, 0.29) is 5.82 Å². The van der Waals surface area contributed by atoms with E-state index in [1.165, 1.54) is 18.1 Å². The van der Waals surface area contributed by atoms with E-state index < -0.39 is 38.1 Å². The molecule has 6 N–H and O–H groups in total. The zero-order valence-corrected chi connectivity index (χ0v) is 13.1. The number of fused-ring (bicyclic) bond motifs is 5. The van der Waals surface area contributed by atoms with Crippen LogP contribution in [0.25, 0.3) is 11.2 Å². The molecule has 1 fully saturated rings. The fraction of sp³-hybridized carbons (Fsp3) is 0.500. The molecule has 11 nitrogen and oxygen atoms in total. The first kappa shape index (κ1) is 15.3. The minimum Gasteiger partial charge on any atom is -0.394 e. The molecule has 0 aromatic carbocycles. The van der Waals surface area contributed by atoms with Crippen molar-refractivity contribution in [3.8, 4) is 0 Å². The highest BCUT2D eigenvalue weighted by atomic mass is 32.2. The van der Waals surface area contributed by atoms with Gasteiger partial charge in [-0.1, -0.05) is 4.98 Å². The van der Waals surface area contributed by atoms with Crippen molar-refractivity contribution in [1.29, 1.82) is 0 Å². The van der Waals surface area contributed by atoms with E-state index >= 15 is 0 Å². The summed E-state index contributed by atoms with van der Waals surface area (Å²) in [5, 5.41) is 9.64. The van der Waals surface area contributed by atoms with Crippen molar-refractivity contribution in [2.75, 3.05) is 12.3 Å². The van der Waals surface area contributed by atoms with Gasteiger partial charge in [0.05, 0.1) is 6.61 Å². The highest BCUT2D eigenvalue weighted by Crippen LogP contribution is 2.50. The Balaban J connectivity index is 1.75. The molecule has 124 valence electrons. The second-order valence-corrected chi connectivity index (χ2v) is 7.51. The van der Waals surface area contributed by atoms with E-state index in [0.717, 1.165) is 0 Å². The predicted octanol–water partition coefficient (Wildman–Crippen LogP) is -1.33. The summed E-state index contributed by atoms with van der Waals surface area (Å²) in [5.41, 5.74) is 6.87. The molecule has 0 amide bonds. The van der Waals surface area contributed by atoms with Crippen molar-refractivity contribution in [2.24, 2.45) is 0 Å². The number of rotatable bonds is 3. The quantitative estimate of drug-likeness (QED) is 0.326. The van der Waals surface area contributed by atoms with Gasteiger partial charge in [0.25, 0.3) is 5.16 Å². The summed E-state index contributed by atoms with van der Waals surface area (Å²) < 4.78 is 23.5. The highest BCUT2D eigenvalue weighted by molar-refractivity contribution is 7.99. The van der Waals surface area contributed by atoms with Gasteiger partial charge in [-0.25, -0.2) is 4.57 Å². The number of aliphatic hydroxyl groups excluding tert-OH is 1. The predicted molar refractivity (Wildman–Crippen MR) is 76.1 cm³/mol. The fourth-order valence-corrected chi connectivity index (χ4v) is 4.94. The minimum absolute atomic E-state index is 0.286. The number of aromatic nitrogens is 4. The number of hydrogen-bond donors (Lipinski definition) is 5. The number of nitrogen functional groups attached to an aromatic ring is 1. The molecule has 4 atom stereocenters. The van der Waals surface area contributed by atoms with Gasteiger partial charge in [-0.05, 0) is 11.8 Å². The van der Waals surface area contributed by atoms with Crippen LogP contribution in [-0.4, -0.2) is 53.9 Å². The average molecular weight is 362 g/mol. The third-order valence-electron chi connectivity index (χ3n) is 3.76. The number of nitrogens with zero attached hydrogens (tertiary/aromatic N) is 3. The van der Waals surface area contributed by atoms with E-state index in [9.17, 15) is 9.67 Å². The number of imidazole rings is 1. The average Bonchev–Trinajstić information content (AvgIpc) is 3.07. The maximum absolute atomic E-state index is 11.2. The van der Waals surface area contributed by atoms with Crippen molar-refractivity contribution in [3.63, 3.8) is 0 Å². The lowest BCUT2D eigenvalue weighted by molar-refractivity contribution is -0.763. The van der Waals surface area contributed by atoms with Gasteiger partial charge >= 0.3 is 13.5 Å². The molecule has 0 radical (unpaired) electrons. The summed E-state index contributed by atoms with van der Waals surface area (Å²) in [6, 6.07) is 0. The number of thioether (sulfide) groups is 1. The van der Waals surface area contributed by atoms with Gasteiger partial charge in [0, 0.05) is 0 Å². The maximum Gasteiger partial charge on any atom is 0.469 e. The lowest BCUT2D eigenvalue weighted by atomic mass is 10.2. The number of nitrogens with two attached hydrogens (primary N) is 1. The topological polar surface area (TPSA) is 168 Å². The Labute approximate surface area is 133 Å². The lowest BCUT2D eigenvalue weighted by Gasteiger charge is -2.19. The smallest absolute Gasteiger partial charge is 0.394 e. The Bertz CT molecular complexity index is 825. The van der Waals surface area contributed by atoms with Crippen LogP contribution in [0.15, 0.2) is 11.5 Å². The van der Waals surface area contributed by atoms with Gasteiger partial charge in [-0.15, -0.1) is 0 Å². The molecule has 23 heavy (non-hydrogen) atoms. The van der Waals surface area contributed by atoms with Gasteiger partial charge in [0.15, 0.2) is 18.4 Å². The molecule has 0 aliphatic carbocycles. The molecule has 0 bridgehead atoms. The van der Waals surface area contributed by atoms with Crippen molar-refractivity contribution in [2.45, 2.75) is 28.8 Å². The molecule has 4 heterocycles. The fourth-order valence-electron chi connectivity index (χ4n) is 2.88. The molecule has 4 unspecified atom stereocenters. The highest BCUT2D eigenvalue weighted by Gasteiger charge is 2.56. The van der Waals surface area contributed by atoms with Gasteiger partial charge in [0.1, 0.15) is 17.5 Å². The van der Waals surface area contributed by atoms with Crippen molar-refractivity contribution in [3.05, 3.63) is 6.33 Å². The van der Waals surface area contributed by atoms with Crippen LogP contribution < -0.4 is 10.3 Å². The van der Waals surface area contributed by atoms with E-state index in [0.29, 0.717) is 16.3 Å². The standard InChI is InChI=1S/C10H12N5O6PS/c11-7-4-8(13-2-12-7)15-9-6(23-10(15)14-4)5(3(1-16)20-9)21-22(17,18)19/h2-3,5-6,9,16H,1H2,(H4,11,12,13,17,18,19)/p+1. The Hall–Kier alpha value is -1.27. The molecule has 1 saturated heterocycles. The summed E-state index contributed by atoms with van der Waals surface area (Å²) >= 11 is 1.29. The number of anilines is 1. The van der Waals surface area contributed by atoms with Gasteiger partial charge < -0.3 is 25.4 Å². The molecular weight excluding hydrogens is 349 g/mol. The minimum atomic E-state index is -4.72. The van der Waals surface area contributed by atoms with Crippen LogP contribution in [0.3, 0.4) is 0 Å². The second kappa shape index (κ2) is 5.11. The zero-order valence-electron chi connectivity index (χ0n) is 11.4.